The number of hydrogen-bond donors (Lipinski definition) is 1. The van der Waals surface area contributed by atoms with Crippen LogP contribution in [0.15, 0.2) is 18.2 Å². The number of carbonyl (C=O) groups excluding carboxylic acids is 1. The highest BCUT2D eigenvalue weighted by atomic mass is 32.1. The van der Waals surface area contributed by atoms with E-state index < -0.39 is 0 Å². The van der Waals surface area contributed by atoms with E-state index in [-0.39, 0.29) is 18.2 Å². The Bertz CT molecular complexity index is 721. The van der Waals surface area contributed by atoms with E-state index in [1.807, 2.05) is 23.1 Å². The summed E-state index contributed by atoms with van der Waals surface area (Å²) in [4.78, 5) is 16.1. The van der Waals surface area contributed by atoms with Gasteiger partial charge in [0.15, 0.2) is 16.6 Å². The second kappa shape index (κ2) is 7.80. The highest BCUT2D eigenvalue weighted by Gasteiger charge is 2.38. The zero-order valence-electron chi connectivity index (χ0n) is 15.5. The highest BCUT2D eigenvalue weighted by Crippen LogP contribution is 2.33. The van der Waals surface area contributed by atoms with Crippen molar-refractivity contribution in [2.45, 2.75) is 38.3 Å². The molecule has 1 N–H and O–H groups in total. The first-order valence-corrected chi connectivity index (χ1v) is 9.97. The number of piperidine rings is 1. The smallest absolute Gasteiger partial charge is 0.410 e. The Kier molecular flexibility index (Phi) is 5.24. The lowest BCUT2D eigenvalue weighted by atomic mass is 10.0. The number of cyclic esters (lactones) is 1. The molecule has 0 aliphatic carbocycles. The fraction of sp³-hybridized carbons (Fsp3) is 0.579. The number of amides is 1. The molecule has 0 radical (unpaired) electrons. The van der Waals surface area contributed by atoms with Crippen molar-refractivity contribution in [1.29, 1.82) is 0 Å². The van der Waals surface area contributed by atoms with Gasteiger partial charge in [-0.1, -0.05) is 6.92 Å². The molecule has 1 aromatic rings. The number of anilines is 1. The summed E-state index contributed by atoms with van der Waals surface area (Å²) in [6, 6.07) is 6.20. The van der Waals surface area contributed by atoms with Crippen molar-refractivity contribution >= 4 is 29.1 Å². The molecule has 0 spiro atoms. The first-order valence-electron chi connectivity index (χ1n) is 9.56. The molecule has 8 heteroatoms. The van der Waals surface area contributed by atoms with Crippen LogP contribution in [-0.4, -0.2) is 66.0 Å². The monoisotopic (exact) mass is 391 g/mol. The Morgan fingerprint density at radius 1 is 1.19 bits per heavy atom. The summed E-state index contributed by atoms with van der Waals surface area (Å²) in [5.41, 5.74) is 0.889. The van der Waals surface area contributed by atoms with Crippen LogP contribution in [0, 0.1) is 0 Å². The molecule has 7 nitrogen and oxygen atoms in total. The van der Waals surface area contributed by atoms with Crippen molar-refractivity contribution in [3.05, 3.63) is 18.2 Å². The summed E-state index contributed by atoms with van der Waals surface area (Å²) in [6.07, 6.45) is 2.55. The number of carbonyl (C=O) groups is 1. The van der Waals surface area contributed by atoms with Gasteiger partial charge >= 0.3 is 6.09 Å². The molecule has 1 aromatic carbocycles. The molecule has 0 saturated carbocycles. The zero-order valence-corrected chi connectivity index (χ0v) is 16.3. The van der Waals surface area contributed by atoms with Gasteiger partial charge in [0, 0.05) is 30.9 Å². The Balaban J connectivity index is 1.33. The van der Waals surface area contributed by atoms with Crippen LogP contribution in [0.3, 0.4) is 0 Å². The van der Waals surface area contributed by atoms with Gasteiger partial charge < -0.3 is 24.4 Å². The second-order valence-electron chi connectivity index (χ2n) is 7.05. The van der Waals surface area contributed by atoms with Crippen LogP contribution in [-0.2, 0) is 4.74 Å². The number of thiocarbonyl (C=S) groups is 1. The van der Waals surface area contributed by atoms with Gasteiger partial charge in [-0.2, -0.15) is 0 Å². The first kappa shape index (κ1) is 18.2. The minimum atomic E-state index is -0.169. The molecule has 2 fully saturated rings. The van der Waals surface area contributed by atoms with Gasteiger partial charge in [0.2, 0.25) is 0 Å². The van der Waals surface area contributed by atoms with Crippen molar-refractivity contribution in [2.75, 3.05) is 38.2 Å². The van der Waals surface area contributed by atoms with E-state index in [1.165, 1.54) is 0 Å². The lowest BCUT2D eigenvalue weighted by Crippen LogP contribution is -2.50. The maximum Gasteiger partial charge on any atom is 0.410 e. The SMILES string of the molecule is CCC1COC(=O)N1C1CCN(C(=S)Nc2ccc3c(c2)OCCO3)CC1. The molecule has 3 aliphatic rings. The standard InChI is InChI=1S/C19H25N3O4S/c1-2-14-12-26-19(23)22(14)15-5-7-21(8-6-15)18(27)20-13-3-4-16-17(11-13)25-10-9-24-16/h3-4,11,14-15H,2,5-10,12H2,1H3,(H,20,27). The second-order valence-corrected chi connectivity index (χ2v) is 7.44. The van der Waals surface area contributed by atoms with Crippen LogP contribution in [0.25, 0.3) is 0 Å². The number of nitrogens with zero attached hydrogens (tertiary/aromatic N) is 2. The topological polar surface area (TPSA) is 63.3 Å². The Morgan fingerprint density at radius 3 is 2.67 bits per heavy atom. The molecule has 27 heavy (non-hydrogen) atoms. The summed E-state index contributed by atoms with van der Waals surface area (Å²) in [7, 11) is 0. The van der Waals surface area contributed by atoms with E-state index in [9.17, 15) is 4.79 Å². The van der Waals surface area contributed by atoms with Crippen molar-refractivity contribution in [1.82, 2.24) is 9.80 Å². The molecule has 1 unspecified atom stereocenters. The van der Waals surface area contributed by atoms with E-state index in [4.69, 9.17) is 26.4 Å². The van der Waals surface area contributed by atoms with E-state index in [0.717, 1.165) is 49.5 Å². The number of fused-ring (bicyclic) bond motifs is 1. The van der Waals surface area contributed by atoms with Crippen molar-refractivity contribution in [2.24, 2.45) is 0 Å². The molecule has 2 saturated heterocycles. The number of likely N-dealkylation sites (tertiary alicyclic amines) is 1. The largest absolute Gasteiger partial charge is 0.486 e. The van der Waals surface area contributed by atoms with Crippen molar-refractivity contribution in [3.63, 3.8) is 0 Å². The van der Waals surface area contributed by atoms with Gasteiger partial charge in [-0.15, -0.1) is 0 Å². The van der Waals surface area contributed by atoms with Crippen molar-refractivity contribution in [3.8, 4) is 11.5 Å². The fourth-order valence-electron chi connectivity index (χ4n) is 3.90. The minimum Gasteiger partial charge on any atom is -0.486 e. The van der Waals surface area contributed by atoms with Crippen LogP contribution >= 0.6 is 12.2 Å². The number of hydrogen-bond acceptors (Lipinski definition) is 5. The average molecular weight is 391 g/mol. The summed E-state index contributed by atoms with van der Waals surface area (Å²) >= 11 is 5.59. The van der Waals surface area contributed by atoms with Gasteiger partial charge in [-0.05, 0) is 43.6 Å². The third-order valence-corrected chi connectivity index (χ3v) is 5.77. The van der Waals surface area contributed by atoms with Crippen molar-refractivity contribution < 1.29 is 19.0 Å². The van der Waals surface area contributed by atoms with Gasteiger partial charge in [-0.25, -0.2) is 4.79 Å². The number of rotatable bonds is 3. The molecule has 0 aromatic heterocycles. The third kappa shape index (κ3) is 3.76. The molecule has 146 valence electrons. The maximum atomic E-state index is 12.0. The van der Waals surface area contributed by atoms with E-state index in [0.29, 0.717) is 24.9 Å². The Morgan fingerprint density at radius 2 is 1.93 bits per heavy atom. The number of ether oxygens (including phenoxy) is 3. The minimum absolute atomic E-state index is 0.169. The van der Waals surface area contributed by atoms with Gasteiger partial charge in [0.1, 0.15) is 19.8 Å². The van der Waals surface area contributed by atoms with Crippen LogP contribution in [0.2, 0.25) is 0 Å². The predicted molar refractivity (Wildman–Crippen MR) is 106 cm³/mol. The summed E-state index contributed by atoms with van der Waals surface area (Å²) in [5.74, 6) is 1.51. The molecule has 3 heterocycles. The van der Waals surface area contributed by atoms with E-state index >= 15 is 0 Å². The van der Waals surface area contributed by atoms with Gasteiger partial charge in [0.05, 0.1) is 6.04 Å². The van der Waals surface area contributed by atoms with E-state index in [2.05, 4.69) is 17.1 Å². The lowest BCUT2D eigenvalue weighted by Gasteiger charge is -2.38. The van der Waals surface area contributed by atoms with Crippen LogP contribution in [0.4, 0.5) is 10.5 Å². The van der Waals surface area contributed by atoms with E-state index in [1.54, 1.807) is 0 Å². The van der Waals surface area contributed by atoms with Gasteiger partial charge in [-0.3, -0.25) is 4.90 Å². The fourth-order valence-corrected chi connectivity index (χ4v) is 4.20. The quantitative estimate of drug-likeness (QED) is 0.795. The lowest BCUT2D eigenvalue weighted by molar-refractivity contribution is 0.123. The third-order valence-electron chi connectivity index (χ3n) is 5.41. The highest BCUT2D eigenvalue weighted by molar-refractivity contribution is 7.80. The number of nitrogens with one attached hydrogen (secondary N) is 1. The molecule has 4 rings (SSSR count). The van der Waals surface area contributed by atoms with Crippen LogP contribution < -0.4 is 14.8 Å². The average Bonchev–Trinajstić information content (AvgIpc) is 3.08. The molecule has 3 aliphatic heterocycles. The van der Waals surface area contributed by atoms with Crippen LogP contribution in [0.1, 0.15) is 26.2 Å². The maximum absolute atomic E-state index is 12.0. The molecular formula is C19H25N3O4S. The number of benzene rings is 1. The van der Waals surface area contributed by atoms with Gasteiger partial charge in [0.25, 0.3) is 0 Å². The Labute approximate surface area is 164 Å². The van der Waals surface area contributed by atoms with Crippen LogP contribution in [0.5, 0.6) is 11.5 Å². The normalized spacial score (nSPS) is 22.6. The summed E-state index contributed by atoms with van der Waals surface area (Å²) < 4.78 is 16.4. The molecule has 0 bridgehead atoms. The Hall–Kier alpha value is -2.22. The molecular weight excluding hydrogens is 366 g/mol. The zero-order chi connectivity index (χ0) is 18.8. The summed E-state index contributed by atoms with van der Waals surface area (Å²) in [6.45, 7) is 5.39. The summed E-state index contributed by atoms with van der Waals surface area (Å²) in [5, 5.41) is 3.99. The first-order chi connectivity index (χ1) is 13.2. The molecule has 1 amide bonds. The molecule has 1 atom stereocenters. The predicted octanol–water partition coefficient (Wildman–Crippen LogP) is 2.85.